The molecule has 86 valence electrons. The van der Waals surface area contributed by atoms with E-state index in [1.807, 2.05) is 0 Å². The molecule has 16 heavy (non-hydrogen) atoms. The standard InChI is InChI=1S/C10H9Cl2NO3/c1-5(10(15)16)9(14)13-8-3-6(11)2-7(12)4-8/h2-5H,1H3,(H,13,14)(H,15,16)/t5-/m0/s1. The van der Waals surface area contributed by atoms with Crippen LogP contribution in [0.25, 0.3) is 0 Å². The van der Waals surface area contributed by atoms with Crippen molar-refractivity contribution in [3.8, 4) is 0 Å². The highest BCUT2D eigenvalue weighted by Gasteiger charge is 2.20. The third-order valence-electron chi connectivity index (χ3n) is 1.89. The van der Waals surface area contributed by atoms with E-state index in [0.29, 0.717) is 15.7 Å². The van der Waals surface area contributed by atoms with E-state index in [4.69, 9.17) is 28.3 Å². The van der Waals surface area contributed by atoms with Gasteiger partial charge in [0.25, 0.3) is 0 Å². The van der Waals surface area contributed by atoms with Crippen LogP contribution >= 0.6 is 23.2 Å². The van der Waals surface area contributed by atoms with Crippen LogP contribution in [-0.2, 0) is 9.59 Å². The van der Waals surface area contributed by atoms with Crippen molar-refractivity contribution >= 4 is 40.8 Å². The molecule has 0 bridgehead atoms. The molecule has 1 rings (SSSR count). The highest BCUT2D eigenvalue weighted by atomic mass is 35.5. The second-order valence-electron chi connectivity index (χ2n) is 3.21. The fourth-order valence-electron chi connectivity index (χ4n) is 0.989. The molecule has 0 saturated heterocycles. The molecule has 0 aliphatic heterocycles. The maximum absolute atomic E-state index is 11.4. The predicted molar refractivity (Wildman–Crippen MR) is 61.9 cm³/mol. The summed E-state index contributed by atoms with van der Waals surface area (Å²) in [4.78, 5) is 22.0. The van der Waals surface area contributed by atoms with Gasteiger partial charge in [0.2, 0.25) is 5.91 Å². The molecular formula is C10H9Cl2NO3. The zero-order valence-electron chi connectivity index (χ0n) is 8.33. The Hall–Kier alpha value is -1.26. The minimum Gasteiger partial charge on any atom is -0.481 e. The minimum absolute atomic E-state index is 0.366. The van der Waals surface area contributed by atoms with Crippen molar-refractivity contribution in [3.63, 3.8) is 0 Å². The third kappa shape index (κ3) is 3.40. The molecule has 1 amide bonds. The lowest BCUT2D eigenvalue weighted by Crippen LogP contribution is -2.26. The highest BCUT2D eigenvalue weighted by Crippen LogP contribution is 2.22. The van der Waals surface area contributed by atoms with E-state index in [1.54, 1.807) is 0 Å². The molecule has 1 aromatic carbocycles. The number of hydrogen-bond donors (Lipinski definition) is 2. The van der Waals surface area contributed by atoms with Gasteiger partial charge in [-0.15, -0.1) is 0 Å². The van der Waals surface area contributed by atoms with Gasteiger partial charge in [0.1, 0.15) is 5.92 Å². The number of anilines is 1. The lowest BCUT2D eigenvalue weighted by atomic mass is 10.1. The fraction of sp³-hybridized carbons (Fsp3) is 0.200. The molecule has 0 spiro atoms. The van der Waals surface area contributed by atoms with Crippen LogP contribution in [0.1, 0.15) is 6.92 Å². The van der Waals surface area contributed by atoms with Crippen LogP contribution in [0.2, 0.25) is 10.0 Å². The van der Waals surface area contributed by atoms with E-state index in [9.17, 15) is 9.59 Å². The Bertz CT molecular complexity index is 414. The van der Waals surface area contributed by atoms with Crippen molar-refractivity contribution < 1.29 is 14.7 Å². The Balaban J connectivity index is 2.81. The van der Waals surface area contributed by atoms with Crippen molar-refractivity contribution in [1.29, 1.82) is 0 Å². The SMILES string of the molecule is C[C@H](C(=O)O)C(=O)Nc1cc(Cl)cc(Cl)c1. The summed E-state index contributed by atoms with van der Waals surface area (Å²) in [6.07, 6.45) is 0. The van der Waals surface area contributed by atoms with Crippen molar-refractivity contribution in [2.75, 3.05) is 5.32 Å². The normalized spacial score (nSPS) is 11.9. The van der Waals surface area contributed by atoms with Gasteiger partial charge in [-0.25, -0.2) is 0 Å². The molecule has 4 nitrogen and oxygen atoms in total. The predicted octanol–water partition coefficient (Wildman–Crippen LogP) is 2.65. The van der Waals surface area contributed by atoms with E-state index >= 15 is 0 Å². The van der Waals surface area contributed by atoms with Crippen LogP contribution in [0, 0.1) is 5.92 Å². The minimum atomic E-state index is -1.19. The van der Waals surface area contributed by atoms with Crippen LogP contribution < -0.4 is 5.32 Å². The number of carboxylic acid groups (broad SMARTS) is 1. The molecule has 0 aliphatic carbocycles. The summed E-state index contributed by atoms with van der Waals surface area (Å²) in [7, 11) is 0. The summed E-state index contributed by atoms with van der Waals surface area (Å²) < 4.78 is 0. The van der Waals surface area contributed by atoms with Crippen LogP contribution in [0.15, 0.2) is 18.2 Å². The first-order chi connectivity index (χ1) is 7.40. The van der Waals surface area contributed by atoms with Crippen molar-refractivity contribution in [2.24, 2.45) is 5.92 Å². The van der Waals surface area contributed by atoms with Gasteiger partial charge in [0.05, 0.1) is 0 Å². The molecule has 0 unspecified atom stereocenters. The lowest BCUT2D eigenvalue weighted by molar-refractivity contribution is -0.144. The molecule has 0 heterocycles. The molecule has 2 N–H and O–H groups in total. The first kappa shape index (κ1) is 12.8. The lowest BCUT2D eigenvalue weighted by Gasteiger charge is -2.08. The van der Waals surface area contributed by atoms with E-state index in [1.165, 1.54) is 25.1 Å². The second-order valence-corrected chi connectivity index (χ2v) is 4.08. The number of carbonyl (C=O) groups excluding carboxylic acids is 1. The van der Waals surface area contributed by atoms with E-state index < -0.39 is 17.8 Å². The molecule has 0 radical (unpaired) electrons. The van der Waals surface area contributed by atoms with Crippen LogP contribution in [0.4, 0.5) is 5.69 Å². The van der Waals surface area contributed by atoms with Crippen molar-refractivity contribution in [1.82, 2.24) is 0 Å². The number of rotatable bonds is 3. The van der Waals surface area contributed by atoms with Gasteiger partial charge in [-0.3, -0.25) is 9.59 Å². The molecule has 0 aliphatic rings. The number of carbonyl (C=O) groups is 2. The number of benzene rings is 1. The molecule has 0 fully saturated rings. The second kappa shape index (κ2) is 5.18. The van der Waals surface area contributed by atoms with Crippen molar-refractivity contribution in [3.05, 3.63) is 28.2 Å². The largest absolute Gasteiger partial charge is 0.481 e. The summed E-state index contributed by atoms with van der Waals surface area (Å²) in [6.45, 7) is 1.30. The van der Waals surface area contributed by atoms with Gasteiger partial charge in [0, 0.05) is 15.7 Å². The first-order valence-corrected chi connectivity index (χ1v) is 5.15. The Kier molecular flexibility index (Phi) is 4.15. The summed E-state index contributed by atoms with van der Waals surface area (Å²) in [5.41, 5.74) is 0.371. The molecule has 6 heteroatoms. The molecular weight excluding hydrogens is 253 g/mol. The molecule has 0 aromatic heterocycles. The average molecular weight is 262 g/mol. The zero-order chi connectivity index (χ0) is 12.3. The van der Waals surface area contributed by atoms with E-state index in [0.717, 1.165) is 0 Å². The van der Waals surface area contributed by atoms with Gasteiger partial charge in [-0.2, -0.15) is 0 Å². The monoisotopic (exact) mass is 261 g/mol. The van der Waals surface area contributed by atoms with Gasteiger partial charge in [-0.05, 0) is 25.1 Å². The number of nitrogens with one attached hydrogen (secondary N) is 1. The average Bonchev–Trinajstić information content (AvgIpc) is 2.14. The third-order valence-corrected chi connectivity index (χ3v) is 2.33. The summed E-state index contributed by atoms with van der Waals surface area (Å²) >= 11 is 11.4. The van der Waals surface area contributed by atoms with E-state index in [-0.39, 0.29) is 0 Å². The van der Waals surface area contributed by atoms with Crippen molar-refractivity contribution in [2.45, 2.75) is 6.92 Å². The Morgan fingerprint density at radius 1 is 1.25 bits per heavy atom. The smallest absolute Gasteiger partial charge is 0.315 e. The Labute approximate surface area is 102 Å². The topological polar surface area (TPSA) is 66.4 Å². The number of carboxylic acids is 1. The fourth-order valence-corrected chi connectivity index (χ4v) is 1.51. The number of aliphatic carboxylic acids is 1. The molecule has 1 aromatic rings. The van der Waals surface area contributed by atoms with Crippen LogP contribution in [0.5, 0.6) is 0 Å². The summed E-state index contributed by atoms with van der Waals surface area (Å²) in [5, 5.41) is 11.8. The number of halogens is 2. The maximum Gasteiger partial charge on any atom is 0.315 e. The van der Waals surface area contributed by atoms with Gasteiger partial charge < -0.3 is 10.4 Å². The Morgan fingerprint density at radius 2 is 1.75 bits per heavy atom. The quantitative estimate of drug-likeness (QED) is 0.823. The van der Waals surface area contributed by atoms with Gasteiger partial charge in [-0.1, -0.05) is 23.2 Å². The highest BCUT2D eigenvalue weighted by molar-refractivity contribution is 6.35. The summed E-state index contributed by atoms with van der Waals surface area (Å²) in [5.74, 6) is -2.94. The van der Waals surface area contributed by atoms with Gasteiger partial charge in [0.15, 0.2) is 0 Å². The van der Waals surface area contributed by atoms with Crippen LogP contribution in [-0.4, -0.2) is 17.0 Å². The number of hydrogen-bond acceptors (Lipinski definition) is 2. The molecule has 1 atom stereocenters. The maximum atomic E-state index is 11.4. The number of amides is 1. The Morgan fingerprint density at radius 3 is 2.19 bits per heavy atom. The zero-order valence-corrected chi connectivity index (χ0v) is 9.84. The first-order valence-electron chi connectivity index (χ1n) is 4.40. The van der Waals surface area contributed by atoms with E-state index in [2.05, 4.69) is 5.32 Å². The molecule has 0 saturated carbocycles. The van der Waals surface area contributed by atoms with Gasteiger partial charge >= 0.3 is 5.97 Å². The summed E-state index contributed by atoms with van der Waals surface area (Å²) in [6, 6.07) is 4.49. The van der Waals surface area contributed by atoms with Crippen LogP contribution in [0.3, 0.4) is 0 Å².